The zero-order valence-corrected chi connectivity index (χ0v) is 26.9. The number of thiazole rings is 1. The third kappa shape index (κ3) is 7.00. The molecule has 0 aliphatic carbocycles. The second kappa shape index (κ2) is 13.8. The van der Waals surface area contributed by atoms with Crippen LogP contribution in [0.3, 0.4) is 0 Å². The standard InChI is InChI=1S/C37H35N5O3S/c1-5-20-44-31-15-11-27(12-16-31)13-18-34-38-37-42(39-34)36(43)33(46-37)23-29-24-41(30-9-7-6-8-10-30)40-35(29)28-14-17-32(26(4)22-28)45-21-19-25(2)3/h5-18,22-25H,1,19-21H2,2-4H3/b18-13+,33-23-. The Hall–Kier alpha value is -5.28. The number of benzene rings is 3. The number of nitrogens with zero attached hydrogens (tertiary/aromatic N) is 5. The van der Waals surface area contributed by atoms with Crippen molar-refractivity contribution in [1.82, 2.24) is 24.4 Å². The summed E-state index contributed by atoms with van der Waals surface area (Å²) in [6.07, 6.45) is 10.2. The quantitative estimate of drug-likeness (QED) is 0.135. The molecule has 3 aromatic carbocycles. The number of rotatable bonds is 12. The fraction of sp³-hybridized carbons (Fsp3) is 0.189. The first-order chi connectivity index (χ1) is 22.4. The maximum atomic E-state index is 13.5. The molecule has 0 fully saturated rings. The first-order valence-electron chi connectivity index (χ1n) is 15.2. The molecule has 0 N–H and O–H groups in total. The van der Waals surface area contributed by atoms with Crippen molar-refractivity contribution < 1.29 is 9.47 Å². The highest BCUT2D eigenvalue weighted by Crippen LogP contribution is 2.29. The van der Waals surface area contributed by atoms with E-state index in [1.807, 2.05) is 96.7 Å². The van der Waals surface area contributed by atoms with Crippen LogP contribution in [0.5, 0.6) is 11.5 Å². The number of aromatic nitrogens is 5. The summed E-state index contributed by atoms with van der Waals surface area (Å²) in [4.78, 5) is 18.6. The van der Waals surface area contributed by atoms with Crippen LogP contribution in [0, 0.1) is 12.8 Å². The van der Waals surface area contributed by atoms with Crippen LogP contribution < -0.4 is 19.6 Å². The molecular formula is C37H35N5O3S. The van der Waals surface area contributed by atoms with Crippen LogP contribution in [0.4, 0.5) is 0 Å². The number of para-hydroxylation sites is 1. The van der Waals surface area contributed by atoms with E-state index in [1.54, 1.807) is 12.2 Å². The van der Waals surface area contributed by atoms with Gasteiger partial charge in [0.25, 0.3) is 5.56 Å². The number of hydrogen-bond acceptors (Lipinski definition) is 7. The molecule has 6 rings (SSSR count). The number of fused-ring (bicyclic) bond motifs is 1. The zero-order valence-electron chi connectivity index (χ0n) is 26.1. The Balaban J connectivity index is 1.31. The fourth-order valence-electron chi connectivity index (χ4n) is 4.86. The van der Waals surface area contributed by atoms with Crippen molar-refractivity contribution in [3.05, 3.63) is 129 Å². The van der Waals surface area contributed by atoms with Gasteiger partial charge in [0.2, 0.25) is 4.96 Å². The summed E-state index contributed by atoms with van der Waals surface area (Å²) in [5, 5.41) is 9.41. The summed E-state index contributed by atoms with van der Waals surface area (Å²) in [5.74, 6) is 2.68. The van der Waals surface area contributed by atoms with Gasteiger partial charge in [0.15, 0.2) is 5.82 Å². The van der Waals surface area contributed by atoms with Crippen molar-refractivity contribution in [1.29, 1.82) is 0 Å². The highest BCUT2D eigenvalue weighted by molar-refractivity contribution is 7.15. The Morgan fingerprint density at radius 1 is 0.978 bits per heavy atom. The van der Waals surface area contributed by atoms with Crippen molar-refractivity contribution in [3.8, 4) is 28.4 Å². The van der Waals surface area contributed by atoms with Gasteiger partial charge in [-0.05, 0) is 85.0 Å². The van der Waals surface area contributed by atoms with Gasteiger partial charge in [-0.1, -0.05) is 74.2 Å². The van der Waals surface area contributed by atoms with E-state index in [4.69, 9.17) is 14.6 Å². The molecule has 0 unspecified atom stereocenters. The van der Waals surface area contributed by atoms with Gasteiger partial charge >= 0.3 is 0 Å². The molecule has 6 aromatic rings. The van der Waals surface area contributed by atoms with Crippen LogP contribution in [-0.2, 0) is 0 Å². The van der Waals surface area contributed by atoms with Crippen molar-refractivity contribution in [3.63, 3.8) is 0 Å². The molecular weight excluding hydrogens is 595 g/mol. The summed E-state index contributed by atoms with van der Waals surface area (Å²) >= 11 is 1.30. The minimum Gasteiger partial charge on any atom is -0.493 e. The molecule has 0 bridgehead atoms. The van der Waals surface area contributed by atoms with Crippen molar-refractivity contribution in [2.45, 2.75) is 27.2 Å². The molecule has 0 atom stereocenters. The second-order valence-electron chi connectivity index (χ2n) is 11.3. The van der Waals surface area contributed by atoms with E-state index in [-0.39, 0.29) is 5.56 Å². The molecule has 0 amide bonds. The average molecular weight is 630 g/mol. The van der Waals surface area contributed by atoms with Gasteiger partial charge in [0.1, 0.15) is 23.8 Å². The number of hydrogen-bond donors (Lipinski definition) is 0. The van der Waals surface area contributed by atoms with Crippen LogP contribution in [-0.4, -0.2) is 37.6 Å². The third-order valence-electron chi connectivity index (χ3n) is 7.32. The lowest BCUT2D eigenvalue weighted by atomic mass is 10.0. The number of ether oxygens (including phenoxy) is 2. The lowest BCUT2D eigenvalue weighted by Gasteiger charge is -2.11. The smallest absolute Gasteiger partial charge is 0.291 e. The van der Waals surface area contributed by atoms with Crippen molar-refractivity contribution in [2.24, 2.45) is 5.92 Å². The van der Waals surface area contributed by atoms with E-state index in [9.17, 15) is 4.79 Å². The van der Waals surface area contributed by atoms with E-state index in [0.29, 0.717) is 34.4 Å². The average Bonchev–Trinajstić information content (AvgIpc) is 3.75. The summed E-state index contributed by atoms with van der Waals surface area (Å²) in [6, 6.07) is 23.7. The summed E-state index contributed by atoms with van der Waals surface area (Å²) in [5.41, 5.74) is 5.22. The minimum absolute atomic E-state index is 0.223. The first kappa shape index (κ1) is 30.7. The normalized spacial score (nSPS) is 12.0. The van der Waals surface area contributed by atoms with E-state index < -0.39 is 0 Å². The Morgan fingerprint density at radius 2 is 1.78 bits per heavy atom. The highest BCUT2D eigenvalue weighted by Gasteiger charge is 2.15. The summed E-state index contributed by atoms with van der Waals surface area (Å²) in [7, 11) is 0. The molecule has 0 radical (unpaired) electrons. The van der Waals surface area contributed by atoms with Gasteiger partial charge in [-0.3, -0.25) is 4.79 Å². The first-order valence-corrected chi connectivity index (χ1v) is 16.0. The van der Waals surface area contributed by atoms with E-state index >= 15 is 0 Å². The largest absolute Gasteiger partial charge is 0.493 e. The van der Waals surface area contributed by atoms with E-state index in [2.05, 4.69) is 36.6 Å². The van der Waals surface area contributed by atoms with Gasteiger partial charge in [-0.25, -0.2) is 4.68 Å². The highest BCUT2D eigenvalue weighted by atomic mass is 32.1. The van der Waals surface area contributed by atoms with Crippen LogP contribution in [0.1, 0.15) is 42.8 Å². The van der Waals surface area contributed by atoms with Crippen molar-refractivity contribution >= 4 is 34.5 Å². The zero-order chi connectivity index (χ0) is 32.0. The van der Waals surface area contributed by atoms with Gasteiger partial charge in [-0.15, -0.1) is 5.10 Å². The molecule has 3 heterocycles. The topological polar surface area (TPSA) is 83.5 Å². The van der Waals surface area contributed by atoms with Crippen LogP contribution >= 0.6 is 11.3 Å². The summed E-state index contributed by atoms with van der Waals surface area (Å²) in [6.45, 7) is 11.2. The predicted molar refractivity (Wildman–Crippen MR) is 186 cm³/mol. The Kier molecular flexibility index (Phi) is 9.21. The summed E-state index contributed by atoms with van der Waals surface area (Å²) < 4.78 is 15.3. The Bertz CT molecular complexity index is 2110. The molecule has 0 aliphatic heterocycles. The van der Waals surface area contributed by atoms with E-state index in [1.165, 1.54) is 15.9 Å². The SMILES string of the molecule is C=CCOc1ccc(/C=C/c2nc3s/c(=C\c4cn(-c5ccccc5)nc4-c4ccc(OCCC(C)C)c(C)c4)c(=O)n3n2)cc1. The Labute approximate surface area is 271 Å². The number of aryl methyl sites for hydroxylation is 1. The molecule has 46 heavy (non-hydrogen) atoms. The molecule has 8 nitrogen and oxygen atoms in total. The van der Waals surface area contributed by atoms with Crippen LogP contribution in [0.15, 0.2) is 96.4 Å². The third-order valence-corrected chi connectivity index (χ3v) is 8.28. The molecule has 0 aliphatic rings. The molecule has 9 heteroatoms. The minimum atomic E-state index is -0.223. The monoisotopic (exact) mass is 629 g/mol. The lowest BCUT2D eigenvalue weighted by molar-refractivity contribution is 0.288. The van der Waals surface area contributed by atoms with Crippen LogP contribution in [0.2, 0.25) is 0 Å². The predicted octanol–water partition coefficient (Wildman–Crippen LogP) is 7.02. The maximum Gasteiger partial charge on any atom is 0.291 e. The molecule has 232 valence electrons. The van der Waals surface area contributed by atoms with E-state index in [0.717, 1.165) is 51.6 Å². The molecule has 0 spiro atoms. The van der Waals surface area contributed by atoms with Gasteiger partial charge in [-0.2, -0.15) is 14.6 Å². The fourth-order valence-corrected chi connectivity index (χ4v) is 5.76. The maximum absolute atomic E-state index is 13.5. The molecule has 3 aromatic heterocycles. The van der Waals surface area contributed by atoms with Crippen LogP contribution in [0.25, 0.3) is 40.1 Å². The van der Waals surface area contributed by atoms with Gasteiger partial charge in [0, 0.05) is 17.3 Å². The molecule has 0 saturated heterocycles. The molecule has 0 saturated carbocycles. The van der Waals surface area contributed by atoms with Gasteiger partial charge < -0.3 is 9.47 Å². The second-order valence-corrected chi connectivity index (χ2v) is 12.3. The van der Waals surface area contributed by atoms with Gasteiger partial charge in [0.05, 0.1) is 16.8 Å². The lowest BCUT2D eigenvalue weighted by Crippen LogP contribution is -2.23. The Morgan fingerprint density at radius 3 is 2.50 bits per heavy atom. The van der Waals surface area contributed by atoms with Crippen molar-refractivity contribution in [2.75, 3.05) is 13.2 Å².